The predicted molar refractivity (Wildman–Crippen MR) is 68.5 cm³/mol. The van der Waals surface area contributed by atoms with E-state index >= 15 is 0 Å². The van der Waals surface area contributed by atoms with E-state index in [2.05, 4.69) is 15.5 Å². The van der Waals surface area contributed by atoms with Crippen molar-refractivity contribution < 1.29 is 9.21 Å². The van der Waals surface area contributed by atoms with Crippen molar-refractivity contribution in [2.24, 2.45) is 0 Å². The molecule has 0 bridgehead atoms. The SMILES string of the molecule is Nc1nnc(NC(=O)c2coc3ccccc23)s1. The van der Waals surface area contributed by atoms with Crippen LogP contribution in [0.2, 0.25) is 0 Å². The minimum absolute atomic E-state index is 0.295. The normalized spacial score (nSPS) is 10.7. The molecule has 6 nitrogen and oxygen atoms in total. The molecule has 0 aliphatic heterocycles. The van der Waals surface area contributed by atoms with E-state index in [1.165, 1.54) is 6.26 Å². The number of nitrogens with one attached hydrogen (secondary N) is 1. The van der Waals surface area contributed by atoms with Gasteiger partial charge in [-0.1, -0.05) is 29.5 Å². The molecule has 2 heterocycles. The monoisotopic (exact) mass is 260 g/mol. The van der Waals surface area contributed by atoms with Crippen LogP contribution in [0.25, 0.3) is 11.0 Å². The molecule has 0 saturated heterocycles. The van der Waals surface area contributed by atoms with E-state index in [1.807, 2.05) is 18.2 Å². The molecular weight excluding hydrogens is 252 g/mol. The quantitative estimate of drug-likeness (QED) is 0.736. The third-order valence-electron chi connectivity index (χ3n) is 2.39. The maximum atomic E-state index is 12.0. The van der Waals surface area contributed by atoms with Crippen LogP contribution in [-0.2, 0) is 0 Å². The Morgan fingerprint density at radius 3 is 2.94 bits per heavy atom. The Balaban J connectivity index is 1.92. The summed E-state index contributed by atoms with van der Waals surface area (Å²) in [4.78, 5) is 12.0. The van der Waals surface area contributed by atoms with Gasteiger partial charge < -0.3 is 10.2 Å². The molecule has 0 atom stereocenters. The number of furan rings is 1. The lowest BCUT2D eigenvalue weighted by molar-refractivity contribution is 0.102. The molecule has 3 rings (SSSR count). The van der Waals surface area contributed by atoms with Crippen molar-refractivity contribution in [1.82, 2.24) is 10.2 Å². The fraction of sp³-hybridized carbons (Fsp3) is 0. The van der Waals surface area contributed by atoms with E-state index < -0.39 is 0 Å². The van der Waals surface area contributed by atoms with Crippen LogP contribution >= 0.6 is 11.3 Å². The molecule has 2 aromatic heterocycles. The highest BCUT2D eigenvalue weighted by atomic mass is 32.1. The van der Waals surface area contributed by atoms with Gasteiger partial charge in [-0.3, -0.25) is 10.1 Å². The lowest BCUT2D eigenvalue weighted by Gasteiger charge is -1.97. The third-order valence-corrected chi connectivity index (χ3v) is 3.05. The van der Waals surface area contributed by atoms with Crippen LogP contribution < -0.4 is 11.1 Å². The number of carbonyl (C=O) groups excluding carboxylic acids is 1. The number of nitrogen functional groups attached to an aromatic ring is 1. The summed E-state index contributed by atoms with van der Waals surface area (Å²) in [5.41, 5.74) is 6.56. The Kier molecular flexibility index (Phi) is 2.45. The lowest BCUT2D eigenvalue weighted by atomic mass is 10.2. The second-order valence-electron chi connectivity index (χ2n) is 3.55. The number of nitrogens with two attached hydrogens (primary N) is 1. The summed E-state index contributed by atoms with van der Waals surface area (Å²) in [6, 6.07) is 7.31. The van der Waals surface area contributed by atoms with Gasteiger partial charge in [-0.15, -0.1) is 10.2 Å². The second-order valence-corrected chi connectivity index (χ2v) is 4.55. The average molecular weight is 260 g/mol. The van der Waals surface area contributed by atoms with Crippen LogP contribution in [0.4, 0.5) is 10.3 Å². The van der Waals surface area contributed by atoms with E-state index in [0.29, 0.717) is 21.4 Å². The Labute approximate surface area is 105 Å². The van der Waals surface area contributed by atoms with E-state index in [0.717, 1.165) is 16.7 Å². The molecular formula is C11H8N4O2S. The van der Waals surface area contributed by atoms with Crippen LogP contribution in [0.5, 0.6) is 0 Å². The number of para-hydroxylation sites is 1. The summed E-state index contributed by atoms with van der Waals surface area (Å²) in [6.45, 7) is 0. The van der Waals surface area contributed by atoms with Gasteiger partial charge >= 0.3 is 0 Å². The standard InChI is InChI=1S/C11H8N4O2S/c12-10-14-15-11(18-10)13-9(16)7-5-17-8-4-2-1-3-6(7)8/h1-5H,(H2,12,14)(H,13,15,16). The van der Waals surface area contributed by atoms with Crippen molar-refractivity contribution in [2.75, 3.05) is 11.1 Å². The molecule has 18 heavy (non-hydrogen) atoms. The van der Waals surface area contributed by atoms with Crippen molar-refractivity contribution in [2.45, 2.75) is 0 Å². The highest BCUT2D eigenvalue weighted by Gasteiger charge is 2.14. The van der Waals surface area contributed by atoms with E-state index in [4.69, 9.17) is 10.2 Å². The molecule has 0 fully saturated rings. The minimum atomic E-state index is -0.295. The average Bonchev–Trinajstić information content (AvgIpc) is 2.95. The first-order chi connectivity index (χ1) is 8.74. The Morgan fingerprint density at radius 2 is 2.17 bits per heavy atom. The summed E-state index contributed by atoms with van der Waals surface area (Å²) in [5.74, 6) is -0.295. The number of benzene rings is 1. The Morgan fingerprint density at radius 1 is 1.33 bits per heavy atom. The van der Waals surface area contributed by atoms with Gasteiger partial charge in [0.1, 0.15) is 11.8 Å². The fourth-order valence-corrected chi connectivity index (χ4v) is 2.11. The lowest BCUT2D eigenvalue weighted by Crippen LogP contribution is -2.10. The number of hydrogen-bond acceptors (Lipinski definition) is 6. The first-order valence-corrected chi connectivity index (χ1v) is 5.92. The topological polar surface area (TPSA) is 94.0 Å². The maximum absolute atomic E-state index is 12.0. The zero-order valence-electron chi connectivity index (χ0n) is 9.08. The number of amides is 1. The van der Waals surface area contributed by atoms with Crippen molar-refractivity contribution in [3.05, 3.63) is 36.1 Å². The van der Waals surface area contributed by atoms with Gasteiger partial charge in [0, 0.05) is 5.39 Å². The highest BCUT2D eigenvalue weighted by Crippen LogP contribution is 2.23. The summed E-state index contributed by atoms with van der Waals surface area (Å²) >= 11 is 1.11. The van der Waals surface area contributed by atoms with Crippen molar-refractivity contribution >= 4 is 38.5 Å². The molecule has 0 spiro atoms. The third kappa shape index (κ3) is 1.80. The molecule has 1 aromatic carbocycles. The largest absolute Gasteiger partial charge is 0.463 e. The first kappa shape index (κ1) is 10.7. The highest BCUT2D eigenvalue weighted by molar-refractivity contribution is 7.19. The second kappa shape index (κ2) is 4.11. The number of carbonyl (C=O) groups is 1. The number of aromatic nitrogens is 2. The molecule has 0 radical (unpaired) electrons. The number of fused-ring (bicyclic) bond motifs is 1. The van der Waals surface area contributed by atoms with Crippen molar-refractivity contribution in [3.63, 3.8) is 0 Å². The molecule has 90 valence electrons. The Bertz CT molecular complexity index is 718. The number of hydrogen-bond donors (Lipinski definition) is 2. The van der Waals surface area contributed by atoms with Crippen LogP contribution in [0, 0.1) is 0 Å². The molecule has 0 aliphatic rings. The van der Waals surface area contributed by atoms with Gasteiger partial charge in [0.05, 0.1) is 5.56 Å². The van der Waals surface area contributed by atoms with E-state index in [-0.39, 0.29) is 5.91 Å². The molecule has 1 amide bonds. The fourth-order valence-electron chi connectivity index (χ4n) is 1.60. The summed E-state index contributed by atoms with van der Waals surface area (Å²) in [6.07, 6.45) is 1.42. The summed E-state index contributed by atoms with van der Waals surface area (Å²) < 4.78 is 5.29. The van der Waals surface area contributed by atoms with Gasteiger partial charge in [0.15, 0.2) is 0 Å². The van der Waals surface area contributed by atoms with Crippen LogP contribution in [-0.4, -0.2) is 16.1 Å². The molecule has 0 unspecified atom stereocenters. The zero-order chi connectivity index (χ0) is 12.5. The first-order valence-electron chi connectivity index (χ1n) is 5.10. The molecule has 0 saturated carbocycles. The number of nitrogens with zero attached hydrogens (tertiary/aromatic N) is 2. The minimum Gasteiger partial charge on any atom is -0.463 e. The molecule has 3 aromatic rings. The number of anilines is 2. The van der Waals surface area contributed by atoms with Crippen LogP contribution in [0.15, 0.2) is 34.9 Å². The predicted octanol–water partition coefficient (Wildman–Crippen LogP) is 2.12. The molecule has 3 N–H and O–H groups in total. The van der Waals surface area contributed by atoms with E-state index in [9.17, 15) is 4.79 Å². The van der Waals surface area contributed by atoms with Gasteiger partial charge in [0.2, 0.25) is 10.3 Å². The Hall–Kier alpha value is -2.41. The summed E-state index contributed by atoms with van der Waals surface area (Å²) in [5, 5.41) is 11.4. The van der Waals surface area contributed by atoms with Gasteiger partial charge in [-0.2, -0.15) is 0 Å². The van der Waals surface area contributed by atoms with Crippen LogP contribution in [0.1, 0.15) is 10.4 Å². The zero-order valence-corrected chi connectivity index (χ0v) is 9.90. The smallest absolute Gasteiger partial charge is 0.261 e. The molecule has 7 heteroatoms. The van der Waals surface area contributed by atoms with E-state index in [1.54, 1.807) is 6.07 Å². The molecule has 0 aliphatic carbocycles. The van der Waals surface area contributed by atoms with Gasteiger partial charge in [0.25, 0.3) is 5.91 Å². The van der Waals surface area contributed by atoms with Gasteiger partial charge in [-0.25, -0.2) is 0 Å². The van der Waals surface area contributed by atoms with Crippen LogP contribution in [0.3, 0.4) is 0 Å². The van der Waals surface area contributed by atoms with Crippen molar-refractivity contribution in [3.8, 4) is 0 Å². The summed E-state index contributed by atoms with van der Waals surface area (Å²) in [7, 11) is 0. The number of rotatable bonds is 2. The van der Waals surface area contributed by atoms with Crippen molar-refractivity contribution in [1.29, 1.82) is 0 Å². The van der Waals surface area contributed by atoms with Gasteiger partial charge in [-0.05, 0) is 6.07 Å². The maximum Gasteiger partial charge on any atom is 0.261 e.